The van der Waals surface area contributed by atoms with Crippen molar-refractivity contribution in [3.8, 4) is 0 Å². The van der Waals surface area contributed by atoms with Crippen molar-refractivity contribution in [2.75, 3.05) is 31.6 Å². The van der Waals surface area contributed by atoms with Crippen LogP contribution in [0.3, 0.4) is 0 Å². The minimum absolute atomic E-state index is 0.0230. The van der Waals surface area contributed by atoms with E-state index in [4.69, 9.17) is 16.3 Å². The van der Waals surface area contributed by atoms with Crippen molar-refractivity contribution >= 4 is 29.0 Å². The predicted octanol–water partition coefficient (Wildman–Crippen LogP) is 1.73. The number of hydrogen-bond acceptors (Lipinski definition) is 7. The van der Waals surface area contributed by atoms with Gasteiger partial charge in [0.15, 0.2) is 17.5 Å². The van der Waals surface area contributed by atoms with Gasteiger partial charge in [-0.2, -0.15) is 0 Å². The van der Waals surface area contributed by atoms with Crippen molar-refractivity contribution in [1.82, 2.24) is 30.8 Å². The maximum Gasteiger partial charge on any atom is 0.318 e. The van der Waals surface area contributed by atoms with Gasteiger partial charge in [0, 0.05) is 42.7 Å². The first-order valence-electron chi connectivity index (χ1n) is 10.1. The molecule has 3 aliphatic rings. The number of nitrogens with zero attached hydrogens (tertiary/aromatic N) is 3. The van der Waals surface area contributed by atoms with E-state index >= 15 is 0 Å². The van der Waals surface area contributed by atoms with Crippen molar-refractivity contribution in [3.05, 3.63) is 46.9 Å². The molecule has 2 atom stereocenters. The number of morpholine rings is 1. The van der Waals surface area contributed by atoms with Crippen LogP contribution in [0.2, 0.25) is 0 Å². The Labute approximate surface area is 184 Å². The third-order valence-electron chi connectivity index (χ3n) is 5.09. The van der Waals surface area contributed by atoms with Crippen molar-refractivity contribution in [2.45, 2.75) is 32.1 Å². The van der Waals surface area contributed by atoms with E-state index in [2.05, 4.69) is 31.2 Å². The van der Waals surface area contributed by atoms with E-state index in [1.807, 2.05) is 19.9 Å². The molecule has 4 rings (SSSR count). The van der Waals surface area contributed by atoms with E-state index < -0.39 is 5.82 Å². The van der Waals surface area contributed by atoms with E-state index in [1.165, 1.54) is 0 Å². The first-order chi connectivity index (χ1) is 14.9. The molecule has 11 heteroatoms. The maximum atomic E-state index is 14.4. The van der Waals surface area contributed by atoms with Crippen molar-refractivity contribution in [3.63, 3.8) is 0 Å². The zero-order valence-corrected chi connectivity index (χ0v) is 18.0. The molecule has 4 heterocycles. The molecular formula is C20H25ClFN7O2. The van der Waals surface area contributed by atoms with Crippen LogP contribution in [0.15, 0.2) is 35.3 Å². The first-order valence-corrected chi connectivity index (χ1v) is 10.5. The smallest absolute Gasteiger partial charge is 0.318 e. The van der Waals surface area contributed by atoms with Gasteiger partial charge in [0.25, 0.3) is 0 Å². The summed E-state index contributed by atoms with van der Waals surface area (Å²) in [4.78, 5) is 22.7. The molecule has 0 aromatic carbocycles. The van der Waals surface area contributed by atoms with Gasteiger partial charge in [0.1, 0.15) is 6.17 Å². The predicted molar refractivity (Wildman–Crippen MR) is 116 cm³/mol. The number of halogens is 2. The van der Waals surface area contributed by atoms with Crippen LogP contribution in [0.25, 0.3) is 5.57 Å². The molecule has 0 bridgehead atoms. The molecule has 1 aromatic rings. The zero-order chi connectivity index (χ0) is 22.0. The summed E-state index contributed by atoms with van der Waals surface area (Å²) < 4.78 is 20.0. The minimum atomic E-state index is -0.574. The van der Waals surface area contributed by atoms with Crippen molar-refractivity contribution < 1.29 is 13.9 Å². The molecule has 0 aliphatic carbocycles. The summed E-state index contributed by atoms with van der Waals surface area (Å²) in [6.07, 6.45) is 6.30. The van der Waals surface area contributed by atoms with Gasteiger partial charge in [-0.3, -0.25) is 0 Å². The summed E-state index contributed by atoms with van der Waals surface area (Å²) >= 11 is 6.10. The molecule has 31 heavy (non-hydrogen) atoms. The van der Waals surface area contributed by atoms with Crippen LogP contribution in [0, 0.1) is 5.82 Å². The second kappa shape index (κ2) is 9.11. The van der Waals surface area contributed by atoms with Gasteiger partial charge >= 0.3 is 6.03 Å². The second-order valence-corrected chi connectivity index (χ2v) is 8.19. The fourth-order valence-corrected chi connectivity index (χ4v) is 3.78. The Balaban J connectivity index is 1.48. The van der Waals surface area contributed by atoms with Crippen molar-refractivity contribution in [2.24, 2.45) is 0 Å². The average Bonchev–Trinajstić information content (AvgIpc) is 3.16. The Morgan fingerprint density at radius 3 is 3.03 bits per heavy atom. The third kappa shape index (κ3) is 4.75. The Morgan fingerprint density at radius 1 is 1.42 bits per heavy atom. The summed E-state index contributed by atoms with van der Waals surface area (Å²) in [6.45, 7) is 5.39. The van der Waals surface area contributed by atoms with E-state index in [1.54, 1.807) is 17.3 Å². The number of anilines is 1. The molecule has 1 fully saturated rings. The Morgan fingerprint density at radius 2 is 2.23 bits per heavy atom. The van der Waals surface area contributed by atoms with Crippen LogP contribution in [0.4, 0.5) is 15.0 Å². The number of aromatic nitrogens is 2. The number of dihydropyridines is 1. The topological polar surface area (TPSA) is 103 Å². The largest absolute Gasteiger partial charge is 0.377 e. The summed E-state index contributed by atoms with van der Waals surface area (Å²) in [5.41, 5.74) is 1.60. The molecule has 0 radical (unpaired) electrons. The van der Waals surface area contributed by atoms with Crippen LogP contribution < -0.4 is 21.3 Å². The number of carbonyl (C=O) groups is 1. The van der Waals surface area contributed by atoms with Crippen molar-refractivity contribution in [1.29, 1.82) is 0 Å². The van der Waals surface area contributed by atoms with E-state index in [0.29, 0.717) is 30.6 Å². The quantitative estimate of drug-likeness (QED) is 0.542. The number of amides is 2. The lowest BCUT2D eigenvalue weighted by Gasteiger charge is -2.36. The maximum absolute atomic E-state index is 14.4. The van der Waals surface area contributed by atoms with Gasteiger partial charge in [-0.25, -0.2) is 19.2 Å². The Kier molecular flexibility index (Phi) is 6.28. The highest BCUT2D eigenvalue weighted by atomic mass is 35.5. The SMILES string of the molecule is CC(C)NC(=O)N1CCOCC1CNc1nc(C2=CNC3NC=C(Cl)C=C23)ncc1F. The Hall–Kier alpha value is -2.85. The molecule has 4 N–H and O–H groups in total. The third-order valence-corrected chi connectivity index (χ3v) is 5.31. The summed E-state index contributed by atoms with van der Waals surface area (Å²) in [5.74, 6) is -0.141. The van der Waals surface area contributed by atoms with Gasteiger partial charge in [-0.1, -0.05) is 11.6 Å². The lowest BCUT2D eigenvalue weighted by Crippen LogP contribution is -2.55. The number of fused-ring (bicyclic) bond motifs is 1. The molecule has 9 nitrogen and oxygen atoms in total. The Bertz CT molecular complexity index is 949. The molecule has 166 valence electrons. The normalized spacial score (nSPS) is 22.6. The summed E-state index contributed by atoms with van der Waals surface area (Å²) in [6, 6.07) is -0.394. The van der Waals surface area contributed by atoms with Gasteiger partial charge in [-0.05, 0) is 19.9 Å². The second-order valence-electron chi connectivity index (χ2n) is 7.75. The first kappa shape index (κ1) is 21.4. The van der Waals surface area contributed by atoms with Crippen LogP contribution in [-0.4, -0.2) is 65.5 Å². The molecular weight excluding hydrogens is 425 g/mol. The van der Waals surface area contributed by atoms with Gasteiger partial charge in [0.2, 0.25) is 0 Å². The highest BCUT2D eigenvalue weighted by molar-refractivity contribution is 6.31. The number of ether oxygens (including phenoxy) is 1. The van der Waals surface area contributed by atoms with Gasteiger partial charge < -0.3 is 30.9 Å². The average molecular weight is 450 g/mol. The number of allylic oxidation sites excluding steroid dienone is 2. The van der Waals surface area contributed by atoms with Gasteiger partial charge in [0.05, 0.1) is 30.5 Å². The lowest BCUT2D eigenvalue weighted by atomic mass is 10.0. The molecule has 0 saturated carbocycles. The van der Waals surface area contributed by atoms with Gasteiger partial charge in [-0.15, -0.1) is 0 Å². The number of carbonyl (C=O) groups excluding carboxylic acids is 1. The molecule has 1 saturated heterocycles. The van der Waals surface area contributed by atoms with E-state index in [9.17, 15) is 9.18 Å². The number of nitrogens with one attached hydrogen (secondary N) is 4. The fraction of sp³-hybridized carbons (Fsp3) is 0.450. The molecule has 3 aliphatic heterocycles. The standard InChI is InChI=1S/C20H25ClFN7O2/c1-11(2)27-20(30)29-3-4-31-10-13(29)7-24-19-16(22)9-26-18(28-19)15-8-25-17-14(15)5-12(21)6-23-17/h5-6,8-9,11,13,17,23,25H,3-4,7,10H2,1-2H3,(H,27,30)(H,24,26,28). The van der Waals surface area contributed by atoms with E-state index in [0.717, 1.165) is 17.3 Å². The minimum Gasteiger partial charge on any atom is -0.377 e. The highest BCUT2D eigenvalue weighted by Gasteiger charge is 2.29. The van der Waals surface area contributed by atoms with Crippen LogP contribution in [0.1, 0.15) is 19.7 Å². The molecule has 2 amide bonds. The number of urea groups is 1. The van der Waals surface area contributed by atoms with Crippen LogP contribution in [0.5, 0.6) is 0 Å². The van der Waals surface area contributed by atoms with Crippen LogP contribution in [-0.2, 0) is 4.74 Å². The summed E-state index contributed by atoms with van der Waals surface area (Å²) in [5, 5.41) is 12.8. The number of rotatable bonds is 5. The van der Waals surface area contributed by atoms with E-state index in [-0.39, 0.29) is 36.6 Å². The molecule has 1 aromatic heterocycles. The number of hydrogen-bond donors (Lipinski definition) is 4. The monoisotopic (exact) mass is 449 g/mol. The summed E-state index contributed by atoms with van der Waals surface area (Å²) in [7, 11) is 0. The highest BCUT2D eigenvalue weighted by Crippen LogP contribution is 2.31. The molecule has 2 unspecified atom stereocenters. The molecule has 0 spiro atoms. The zero-order valence-electron chi connectivity index (χ0n) is 17.3. The lowest BCUT2D eigenvalue weighted by molar-refractivity contribution is 0.0166. The fourth-order valence-electron chi connectivity index (χ4n) is 3.60. The van der Waals surface area contributed by atoms with Crippen LogP contribution >= 0.6 is 11.6 Å².